The Morgan fingerprint density at radius 3 is 2.30 bits per heavy atom. The summed E-state index contributed by atoms with van der Waals surface area (Å²) in [5.74, 6) is 0. The van der Waals surface area contributed by atoms with Crippen LogP contribution in [-0.2, 0) is 0 Å². The summed E-state index contributed by atoms with van der Waals surface area (Å²) in [6.07, 6.45) is 0. The molecule has 1 heterocycles. The van der Waals surface area contributed by atoms with Gasteiger partial charge in [0.1, 0.15) is 0 Å². The fourth-order valence-corrected chi connectivity index (χ4v) is 3.62. The summed E-state index contributed by atoms with van der Waals surface area (Å²) in [7, 11) is 0. The highest BCUT2D eigenvalue weighted by molar-refractivity contribution is 8.00. The van der Waals surface area contributed by atoms with E-state index in [2.05, 4.69) is 78.1 Å². The van der Waals surface area contributed by atoms with E-state index in [1.165, 1.54) is 32.3 Å². The molecule has 0 bridgehead atoms. The molecule has 1 N–H and O–H groups in total. The number of fused-ring (bicyclic) bond motifs is 2. The third-order valence-electron chi connectivity index (χ3n) is 3.47. The van der Waals surface area contributed by atoms with Crippen molar-refractivity contribution in [3.05, 3.63) is 72.8 Å². The molecule has 0 atom stereocenters. The zero-order valence-electron chi connectivity index (χ0n) is 10.8. The van der Waals surface area contributed by atoms with Gasteiger partial charge in [0.25, 0.3) is 0 Å². The van der Waals surface area contributed by atoms with Crippen LogP contribution >= 0.6 is 11.8 Å². The van der Waals surface area contributed by atoms with Gasteiger partial charge in [-0.15, -0.1) is 0 Å². The highest BCUT2D eigenvalue weighted by Crippen LogP contribution is 2.48. The van der Waals surface area contributed by atoms with E-state index in [9.17, 15) is 0 Å². The molecule has 0 spiro atoms. The number of benzene rings is 3. The first-order valence-corrected chi connectivity index (χ1v) is 7.46. The Bertz CT molecular complexity index is 765. The quantitative estimate of drug-likeness (QED) is 0.488. The molecule has 0 amide bonds. The van der Waals surface area contributed by atoms with Crippen LogP contribution in [0.5, 0.6) is 0 Å². The first-order chi connectivity index (χ1) is 9.92. The third-order valence-corrected chi connectivity index (χ3v) is 4.69. The Morgan fingerprint density at radius 2 is 1.40 bits per heavy atom. The van der Waals surface area contributed by atoms with Crippen LogP contribution in [0.4, 0.5) is 11.4 Å². The molecule has 0 aromatic heterocycles. The molecule has 0 radical (unpaired) electrons. The van der Waals surface area contributed by atoms with Gasteiger partial charge in [-0.05, 0) is 29.3 Å². The Kier molecular flexibility index (Phi) is 2.75. The van der Waals surface area contributed by atoms with Crippen LogP contribution in [0.2, 0.25) is 0 Å². The van der Waals surface area contributed by atoms with Gasteiger partial charge < -0.3 is 5.32 Å². The van der Waals surface area contributed by atoms with Gasteiger partial charge >= 0.3 is 0 Å². The minimum Gasteiger partial charge on any atom is -0.354 e. The highest BCUT2D eigenvalue weighted by atomic mass is 32.2. The normalized spacial score (nSPS) is 12.2. The summed E-state index contributed by atoms with van der Waals surface area (Å²) in [6.45, 7) is 0. The average Bonchev–Trinajstić information content (AvgIpc) is 2.53. The second-order valence-electron chi connectivity index (χ2n) is 4.77. The van der Waals surface area contributed by atoms with Gasteiger partial charge in [-0.3, -0.25) is 0 Å². The summed E-state index contributed by atoms with van der Waals surface area (Å²) in [4.78, 5) is 2.58. The van der Waals surface area contributed by atoms with Crippen LogP contribution in [0.1, 0.15) is 0 Å². The van der Waals surface area contributed by atoms with Crippen LogP contribution in [0.15, 0.2) is 82.6 Å². The minimum atomic E-state index is 1.19. The van der Waals surface area contributed by atoms with Crippen molar-refractivity contribution in [2.45, 2.75) is 9.79 Å². The lowest BCUT2D eigenvalue weighted by molar-refractivity contribution is 1.31. The lowest BCUT2D eigenvalue weighted by atomic mass is 10.0. The molecule has 0 fully saturated rings. The molecular weight excluding hydrogens is 262 g/mol. The Hall–Kier alpha value is -2.19. The van der Waals surface area contributed by atoms with Gasteiger partial charge in [0.15, 0.2) is 0 Å². The second-order valence-corrected chi connectivity index (χ2v) is 5.82. The molecule has 1 nitrogen and oxygen atoms in total. The van der Waals surface area contributed by atoms with Gasteiger partial charge in [-0.25, -0.2) is 0 Å². The van der Waals surface area contributed by atoms with Gasteiger partial charge in [-0.1, -0.05) is 66.4 Å². The van der Waals surface area contributed by atoms with E-state index >= 15 is 0 Å². The van der Waals surface area contributed by atoms with Crippen LogP contribution in [0.3, 0.4) is 0 Å². The molecule has 3 aromatic rings. The number of rotatable bonds is 1. The lowest BCUT2D eigenvalue weighted by Crippen LogP contribution is -2.00. The maximum atomic E-state index is 3.53. The average molecular weight is 275 g/mol. The van der Waals surface area contributed by atoms with Crippen molar-refractivity contribution < 1.29 is 0 Å². The topological polar surface area (TPSA) is 12.0 Å². The maximum absolute atomic E-state index is 3.53. The Labute approximate surface area is 122 Å². The standard InChI is InChI=1S/C18H13NS/c1-2-7-13(8-3-1)14-9-6-11-16-18(14)20-17-12-5-4-10-15(17)19-16/h1-12,19H. The van der Waals surface area contributed by atoms with Crippen molar-refractivity contribution in [2.24, 2.45) is 0 Å². The van der Waals surface area contributed by atoms with Gasteiger partial charge in [0.2, 0.25) is 0 Å². The maximum Gasteiger partial charge on any atom is 0.0532 e. The SMILES string of the molecule is c1ccc(-c2cccc3c2Sc2ccccc2N3)cc1. The van der Waals surface area contributed by atoms with Crippen molar-refractivity contribution in [2.75, 3.05) is 5.32 Å². The molecular formula is C18H13NS. The predicted molar refractivity (Wildman–Crippen MR) is 85.7 cm³/mol. The molecule has 20 heavy (non-hydrogen) atoms. The van der Waals surface area contributed by atoms with Crippen LogP contribution < -0.4 is 5.32 Å². The van der Waals surface area contributed by atoms with E-state index in [0.717, 1.165) is 0 Å². The number of nitrogens with one attached hydrogen (secondary N) is 1. The molecule has 0 saturated heterocycles. The first kappa shape index (κ1) is 11.6. The predicted octanol–water partition coefficient (Wildman–Crippen LogP) is 5.56. The Balaban J connectivity index is 1.87. The fraction of sp³-hybridized carbons (Fsp3) is 0. The van der Waals surface area contributed by atoms with E-state index < -0.39 is 0 Å². The van der Waals surface area contributed by atoms with Gasteiger partial charge in [-0.2, -0.15) is 0 Å². The summed E-state index contributed by atoms with van der Waals surface area (Å²) >= 11 is 1.84. The summed E-state index contributed by atoms with van der Waals surface area (Å²) in [6, 6.07) is 25.4. The third kappa shape index (κ3) is 1.89. The lowest BCUT2D eigenvalue weighted by Gasteiger charge is -2.23. The molecule has 2 heteroatoms. The van der Waals surface area contributed by atoms with E-state index in [1.54, 1.807) is 0 Å². The van der Waals surface area contributed by atoms with E-state index in [0.29, 0.717) is 0 Å². The highest BCUT2D eigenvalue weighted by Gasteiger charge is 2.18. The second kappa shape index (κ2) is 4.73. The van der Waals surface area contributed by atoms with Crippen molar-refractivity contribution in [1.29, 1.82) is 0 Å². The Morgan fingerprint density at radius 1 is 0.650 bits per heavy atom. The summed E-state index contributed by atoms with van der Waals surface area (Å²) in [5.41, 5.74) is 4.93. The molecule has 4 rings (SSSR count). The van der Waals surface area contributed by atoms with Crippen LogP contribution in [-0.4, -0.2) is 0 Å². The molecule has 1 aliphatic rings. The molecule has 96 valence electrons. The van der Waals surface area contributed by atoms with Crippen LogP contribution in [0, 0.1) is 0 Å². The molecule has 3 aromatic carbocycles. The van der Waals surface area contributed by atoms with Gasteiger partial charge in [0, 0.05) is 9.79 Å². The zero-order chi connectivity index (χ0) is 13.4. The monoisotopic (exact) mass is 275 g/mol. The number of hydrogen-bond donors (Lipinski definition) is 1. The van der Waals surface area contributed by atoms with Crippen molar-refractivity contribution >= 4 is 23.1 Å². The van der Waals surface area contributed by atoms with E-state index in [1.807, 2.05) is 11.8 Å². The summed E-state index contributed by atoms with van der Waals surface area (Å²) in [5, 5.41) is 3.53. The van der Waals surface area contributed by atoms with E-state index in [4.69, 9.17) is 0 Å². The largest absolute Gasteiger partial charge is 0.354 e. The number of hydrogen-bond acceptors (Lipinski definition) is 2. The van der Waals surface area contributed by atoms with Crippen molar-refractivity contribution in [3.63, 3.8) is 0 Å². The smallest absolute Gasteiger partial charge is 0.0532 e. The zero-order valence-corrected chi connectivity index (χ0v) is 11.7. The molecule has 1 aliphatic heterocycles. The van der Waals surface area contributed by atoms with Crippen LogP contribution in [0.25, 0.3) is 11.1 Å². The summed E-state index contributed by atoms with van der Waals surface area (Å²) < 4.78 is 0. The van der Waals surface area contributed by atoms with Crippen molar-refractivity contribution in [3.8, 4) is 11.1 Å². The number of para-hydroxylation sites is 1. The molecule has 0 saturated carbocycles. The molecule has 0 aliphatic carbocycles. The minimum absolute atomic E-state index is 1.19. The molecule has 0 unspecified atom stereocenters. The fourth-order valence-electron chi connectivity index (χ4n) is 2.50. The number of anilines is 2. The van der Waals surface area contributed by atoms with Crippen molar-refractivity contribution in [1.82, 2.24) is 0 Å². The van der Waals surface area contributed by atoms with E-state index in [-0.39, 0.29) is 0 Å². The first-order valence-electron chi connectivity index (χ1n) is 6.64. The van der Waals surface area contributed by atoms with Gasteiger partial charge in [0.05, 0.1) is 11.4 Å².